The first-order valence-corrected chi connectivity index (χ1v) is 9.91. The second-order valence-electron chi connectivity index (χ2n) is 6.17. The Morgan fingerprint density at radius 3 is 3.08 bits per heavy atom. The zero-order valence-corrected chi connectivity index (χ0v) is 15.9. The monoisotopic (exact) mass is 419 g/mol. The molecule has 1 aliphatic rings. The van der Waals surface area contributed by atoms with E-state index in [1.165, 1.54) is 6.42 Å². The fourth-order valence-corrected chi connectivity index (χ4v) is 4.42. The number of aromatic nitrogens is 3. The van der Waals surface area contributed by atoms with Crippen molar-refractivity contribution >= 4 is 44.3 Å². The van der Waals surface area contributed by atoms with Crippen LogP contribution in [-0.4, -0.2) is 40.5 Å². The number of carbonyl (C=O) groups is 1. The summed E-state index contributed by atoms with van der Waals surface area (Å²) in [5.74, 6) is 1.14. The van der Waals surface area contributed by atoms with Gasteiger partial charge in [0.2, 0.25) is 0 Å². The van der Waals surface area contributed by atoms with Crippen LogP contribution in [0.5, 0.6) is 0 Å². The number of thiophene rings is 1. The van der Waals surface area contributed by atoms with Gasteiger partial charge in [-0.1, -0.05) is 0 Å². The molecule has 0 saturated carbocycles. The van der Waals surface area contributed by atoms with Crippen LogP contribution in [0.2, 0.25) is 0 Å². The molecule has 3 aromatic heterocycles. The molecule has 3 aromatic rings. The number of H-pyrrole nitrogens is 1. The second kappa shape index (κ2) is 7.23. The normalized spacial score (nSPS) is 17.7. The number of hydrogen-bond acceptors (Lipinski definition) is 5. The molecular weight excluding hydrogens is 402 g/mol. The Morgan fingerprint density at radius 1 is 1.40 bits per heavy atom. The predicted molar refractivity (Wildman–Crippen MR) is 103 cm³/mol. The van der Waals surface area contributed by atoms with E-state index in [1.54, 1.807) is 23.6 Å². The molecule has 0 aliphatic carbocycles. The third-order valence-electron chi connectivity index (χ3n) is 4.39. The van der Waals surface area contributed by atoms with E-state index in [9.17, 15) is 4.79 Å². The highest BCUT2D eigenvalue weighted by Gasteiger charge is 2.18. The molecule has 4 heterocycles. The number of rotatable bonds is 4. The number of hydrogen-bond donors (Lipinski definition) is 3. The summed E-state index contributed by atoms with van der Waals surface area (Å²) in [6.45, 7) is 2.73. The Hall–Kier alpha value is -1.77. The number of fused-ring (bicyclic) bond motifs is 1. The third-order valence-corrected chi connectivity index (χ3v) is 6.02. The smallest absolute Gasteiger partial charge is 0.253 e. The van der Waals surface area contributed by atoms with Crippen LogP contribution in [0.1, 0.15) is 23.2 Å². The molecule has 6 nitrogen and oxygen atoms in total. The van der Waals surface area contributed by atoms with Gasteiger partial charge in [-0.15, -0.1) is 11.3 Å². The number of imidazole rings is 1. The highest BCUT2D eigenvalue weighted by Crippen LogP contribution is 2.30. The fraction of sp³-hybridized carbons (Fsp3) is 0.353. The van der Waals surface area contributed by atoms with Gasteiger partial charge in [0, 0.05) is 12.7 Å². The molecule has 1 fully saturated rings. The van der Waals surface area contributed by atoms with Crippen molar-refractivity contribution in [2.75, 3.05) is 19.6 Å². The van der Waals surface area contributed by atoms with E-state index < -0.39 is 0 Å². The number of amides is 1. The van der Waals surface area contributed by atoms with Crippen molar-refractivity contribution in [2.24, 2.45) is 5.92 Å². The van der Waals surface area contributed by atoms with E-state index in [-0.39, 0.29) is 5.91 Å². The maximum atomic E-state index is 12.6. The number of carbonyl (C=O) groups excluding carboxylic acids is 1. The molecule has 3 N–H and O–H groups in total. The van der Waals surface area contributed by atoms with Gasteiger partial charge in [-0.05, 0) is 66.0 Å². The van der Waals surface area contributed by atoms with Gasteiger partial charge in [0.25, 0.3) is 5.91 Å². The van der Waals surface area contributed by atoms with Gasteiger partial charge in [0.15, 0.2) is 11.5 Å². The van der Waals surface area contributed by atoms with Crippen molar-refractivity contribution < 1.29 is 4.79 Å². The highest BCUT2D eigenvalue weighted by atomic mass is 79.9. The number of aromatic amines is 1. The number of halogens is 1. The first-order valence-electron chi connectivity index (χ1n) is 8.30. The summed E-state index contributed by atoms with van der Waals surface area (Å²) in [6, 6.07) is 5.71. The average Bonchev–Trinajstić information content (AvgIpc) is 3.26. The minimum absolute atomic E-state index is 0.0828. The first-order chi connectivity index (χ1) is 12.2. The van der Waals surface area contributed by atoms with Crippen LogP contribution in [0, 0.1) is 5.92 Å². The van der Waals surface area contributed by atoms with Crippen molar-refractivity contribution in [3.05, 3.63) is 33.7 Å². The Bertz CT molecular complexity index is 899. The Morgan fingerprint density at radius 2 is 2.32 bits per heavy atom. The van der Waals surface area contributed by atoms with Crippen molar-refractivity contribution in [2.45, 2.75) is 12.8 Å². The van der Waals surface area contributed by atoms with Crippen LogP contribution in [-0.2, 0) is 0 Å². The van der Waals surface area contributed by atoms with Crippen molar-refractivity contribution in [3.8, 4) is 10.7 Å². The summed E-state index contributed by atoms with van der Waals surface area (Å²) in [4.78, 5) is 25.7. The minimum atomic E-state index is -0.0828. The molecule has 0 radical (unpaired) electrons. The van der Waals surface area contributed by atoms with E-state index in [4.69, 9.17) is 0 Å². The van der Waals surface area contributed by atoms with Gasteiger partial charge < -0.3 is 15.6 Å². The van der Waals surface area contributed by atoms with Crippen molar-refractivity contribution in [1.29, 1.82) is 0 Å². The van der Waals surface area contributed by atoms with Gasteiger partial charge in [0.1, 0.15) is 0 Å². The topological polar surface area (TPSA) is 82.7 Å². The molecule has 1 unspecified atom stereocenters. The SMILES string of the molecule is O=C(NCC1CCCNC1)c1ccnc2nc(-c3ccc(Br)s3)[nH]c12. The molecule has 1 saturated heterocycles. The van der Waals surface area contributed by atoms with E-state index in [0.29, 0.717) is 29.2 Å². The zero-order valence-electron chi connectivity index (χ0n) is 13.5. The Kier molecular flexibility index (Phi) is 4.82. The van der Waals surface area contributed by atoms with Crippen LogP contribution >= 0.6 is 27.3 Å². The lowest BCUT2D eigenvalue weighted by atomic mass is 10.00. The average molecular weight is 420 g/mol. The standard InChI is InChI=1S/C17H18BrN5OS/c18-13-4-3-12(25-13)15-22-14-11(5-7-20-16(14)23-15)17(24)21-9-10-2-1-6-19-8-10/h3-5,7,10,19H,1-2,6,8-9H2,(H,21,24)(H,20,22,23). The number of pyridine rings is 1. The summed E-state index contributed by atoms with van der Waals surface area (Å²) in [7, 11) is 0. The second-order valence-corrected chi connectivity index (χ2v) is 8.63. The van der Waals surface area contributed by atoms with Gasteiger partial charge in [0.05, 0.1) is 19.7 Å². The Balaban J connectivity index is 1.56. The molecule has 1 aliphatic heterocycles. The van der Waals surface area contributed by atoms with Crippen LogP contribution in [0.15, 0.2) is 28.2 Å². The molecule has 0 spiro atoms. The summed E-state index contributed by atoms with van der Waals surface area (Å²) in [5, 5.41) is 6.43. The first kappa shape index (κ1) is 16.7. The van der Waals surface area contributed by atoms with E-state index in [0.717, 1.165) is 34.0 Å². The van der Waals surface area contributed by atoms with Gasteiger partial charge >= 0.3 is 0 Å². The molecule has 8 heteroatoms. The lowest BCUT2D eigenvalue weighted by Gasteiger charge is -2.22. The fourth-order valence-electron chi connectivity index (χ4n) is 3.09. The lowest BCUT2D eigenvalue weighted by molar-refractivity contribution is 0.0946. The van der Waals surface area contributed by atoms with E-state index >= 15 is 0 Å². The van der Waals surface area contributed by atoms with Crippen LogP contribution < -0.4 is 10.6 Å². The molecule has 0 bridgehead atoms. The predicted octanol–water partition coefficient (Wildman–Crippen LogP) is 3.18. The van der Waals surface area contributed by atoms with Gasteiger partial charge in [-0.2, -0.15) is 0 Å². The van der Waals surface area contributed by atoms with Gasteiger partial charge in [-0.3, -0.25) is 4.79 Å². The molecule has 130 valence electrons. The highest BCUT2D eigenvalue weighted by molar-refractivity contribution is 9.11. The third kappa shape index (κ3) is 3.61. The summed E-state index contributed by atoms with van der Waals surface area (Å²) >= 11 is 5.05. The number of nitrogens with one attached hydrogen (secondary N) is 3. The molecular formula is C17H18BrN5OS. The van der Waals surface area contributed by atoms with E-state index in [2.05, 4.69) is 41.5 Å². The lowest BCUT2D eigenvalue weighted by Crippen LogP contribution is -2.38. The molecule has 1 amide bonds. The van der Waals surface area contributed by atoms with Crippen LogP contribution in [0.4, 0.5) is 0 Å². The van der Waals surface area contributed by atoms with E-state index in [1.807, 2.05) is 12.1 Å². The maximum Gasteiger partial charge on any atom is 0.253 e. The molecule has 0 aromatic carbocycles. The van der Waals surface area contributed by atoms with Crippen molar-refractivity contribution in [1.82, 2.24) is 25.6 Å². The summed E-state index contributed by atoms with van der Waals surface area (Å²) < 4.78 is 1.04. The molecule has 1 atom stereocenters. The number of piperidine rings is 1. The van der Waals surface area contributed by atoms with Gasteiger partial charge in [-0.25, -0.2) is 9.97 Å². The zero-order chi connectivity index (χ0) is 17.2. The minimum Gasteiger partial charge on any atom is -0.352 e. The Labute approximate surface area is 157 Å². The largest absolute Gasteiger partial charge is 0.352 e. The maximum absolute atomic E-state index is 12.6. The van der Waals surface area contributed by atoms with Crippen LogP contribution in [0.3, 0.4) is 0 Å². The quantitative estimate of drug-likeness (QED) is 0.606. The summed E-state index contributed by atoms with van der Waals surface area (Å²) in [5.41, 5.74) is 1.83. The number of nitrogens with zero attached hydrogens (tertiary/aromatic N) is 2. The van der Waals surface area contributed by atoms with Crippen LogP contribution in [0.25, 0.3) is 21.9 Å². The molecule has 4 rings (SSSR count). The molecule has 25 heavy (non-hydrogen) atoms. The van der Waals surface area contributed by atoms with Crippen molar-refractivity contribution in [3.63, 3.8) is 0 Å². The summed E-state index contributed by atoms with van der Waals surface area (Å²) in [6.07, 6.45) is 3.95.